The number of aliphatic hydroxyl groups excluding tert-OH is 2. The first kappa shape index (κ1) is 25.8. The van der Waals surface area contributed by atoms with Gasteiger partial charge in [0.15, 0.2) is 0 Å². The van der Waals surface area contributed by atoms with Crippen molar-refractivity contribution in [3.63, 3.8) is 0 Å². The average molecular weight is 490 g/mol. The molecule has 5 aliphatic rings. The van der Waals surface area contributed by atoms with Crippen molar-refractivity contribution in [3.8, 4) is 0 Å². The molecule has 11 atom stereocenters. The van der Waals surface area contributed by atoms with Gasteiger partial charge in [-0.15, -0.1) is 0 Å². The van der Waals surface area contributed by atoms with Crippen LogP contribution in [0.25, 0.3) is 0 Å². The molecule has 0 aromatic carbocycles. The molecule has 4 unspecified atom stereocenters. The number of aliphatic hydroxyl groups is 2. The summed E-state index contributed by atoms with van der Waals surface area (Å²) in [6, 6.07) is 0. The normalized spacial score (nSPS) is 48.5. The Hall–Kier alpha value is -0.810. The predicted molar refractivity (Wildman–Crippen MR) is 138 cm³/mol. The molecule has 35 heavy (non-hydrogen) atoms. The Labute approximate surface area is 213 Å². The second-order valence-corrected chi connectivity index (χ2v) is 13.7. The molecule has 5 fully saturated rings. The van der Waals surface area contributed by atoms with Crippen LogP contribution < -0.4 is 0 Å². The van der Waals surface area contributed by atoms with Crippen LogP contribution in [0, 0.1) is 52.3 Å². The monoisotopic (exact) mass is 489 g/mol. The first-order chi connectivity index (χ1) is 16.7. The molecular weight excluding hydrogens is 438 g/mol. The van der Waals surface area contributed by atoms with E-state index in [1.54, 1.807) is 0 Å². The van der Waals surface area contributed by atoms with E-state index >= 15 is 0 Å². The van der Waals surface area contributed by atoms with Gasteiger partial charge in [0.1, 0.15) is 0 Å². The fourth-order valence-electron chi connectivity index (χ4n) is 10.4. The highest BCUT2D eigenvalue weighted by Crippen LogP contribution is 2.69. The number of piperidine rings is 1. The molecule has 0 spiro atoms. The quantitative estimate of drug-likeness (QED) is 0.518. The van der Waals surface area contributed by atoms with Gasteiger partial charge in [0.25, 0.3) is 0 Å². The number of likely N-dealkylation sites (tertiary alicyclic amines) is 1. The van der Waals surface area contributed by atoms with Crippen molar-refractivity contribution < 1.29 is 19.7 Å². The van der Waals surface area contributed by atoms with E-state index in [0.717, 1.165) is 51.6 Å². The third-order valence-electron chi connectivity index (χ3n) is 12.2. The Kier molecular flexibility index (Phi) is 7.24. The van der Waals surface area contributed by atoms with Crippen molar-refractivity contribution in [2.75, 3.05) is 19.7 Å². The molecule has 5 heteroatoms. The van der Waals surface area contributed by atoms with E-state index in [9.17, 15) is 15.0 Å². The minimum atomic E-state index is -0.246. The Morgan fingerprint density at radius 1 is 0.971 bits per heavy atom. The van der Waals surface area contributed by atoms with Gasteiger partial charge in [0, 0.05) is 13.1 Å². The summed E-state index contributed by atoms with van der Waals surface area (Å²) in [5.41, 5.74) is 0.466. The van der Waals surface area contributed by atoms with Crippen LogP contribution in [-0.2, 0) is 4.74 Å². The summed E-state index contributed by atoms with van der Waals surface area (Å²) in [5, 5.41) is 22.4. The SMILES string of the molecule is CC[C@@H]1C2C[C@H](O)CCC2(C)[C@H]2CCC3(C)[C@@H]([C@H](C)COC(=O)N4CCCCC4)CC[C@H]3C2[C@@H]1O. The highest BCUT2D eigenvalue weighted by atomic mass is 16.6. The van der Waals surface area contributed by atoms with Crippen LogP contribution in [0.1, 0.15) is 98.3 Å². The fourth-order valence-corrected chi connectivity index (χ4v) is 10.4. The maximum absolute atomic E-state index is 12.6. The van der Waals surface area contributed by atoms with Gasteiger partial charge in [-0.2, -0.15) is 0 Å². The zero-order chi connectivity index (χ0) is 25.0. The van der Waals surface area contributed by atoms with Crippen LogP contribution in [0.3, 0.4) is 0 Å². The minimum absolute atomic E-state index is 0.119. The summed E-state index contributed by atoms with van der Waals surface area (Å²) in [7, 11) is 0. The second kappa shape index (κ2) is 9.82. The van der Waals surface area contributed by atoms with Crippen LogP contribution >= 0.6 is 0 Å². The zero-order valence-electron chi connectivity index (χ0n) is 22.8. The standard InChI is InChI=1S/C30H51NO4/c1-5-21-25-17-20(32)11-13-30(25,4)24-12-14-29(3)22(9-10-23(29)26(24)27(21)33)19(2)18-35-28(34)31-15-7-6-8-16-31/h19-27,32-33H,5-18H2,1-4H3/t19-,20-,21-,22-,23+,24+,25?,26?,27-,29?,30?/m1/s1. The number of hydrogen-bond acceptors (Lipinski definition) is 4. The maximum atomic E-state index is 12.6. The lowest BCUT2D eigenvalue weighted by Gasteiger charge is -2.64. The van der Waals surface area contributed by atoms with Gasteiger partial charge in [0.2, 0.25) is 0 Å². The Balaban J connectivity index is 1.31. The molecule has 5 nitrogen and oxygen atoms in total. The van der Waals surface area contributed by atoms with Gasteiger partial charge in [0.05, 0.1) is 18.8 Å². The van der Waals surface area contributed by atoms with Crippen LogP contribution in [0.5, 0.6) is 0 Å². The number of ether oxygens (including phenoxy) is 1. The number of nitrogens with zero attached hydrogens (tertiary/aromatic N) is 1. The van der Waals surface area contributed by atoms with Crippen molar-refractivity contribution in [1.82, 2.24) is 4.90 Å². The number of hydrogen-bond donors (Lipinski definition) is 2. The summed E-state index contributed by atoms with van der Waals surface area (Å²) < 4.78 is 5.85. The summed E-state index contributed by atoms with van der Waals surface area (Å²) in [5.74, 6) is 3.16. The summed E-state index contributed by atoms with van der Waals surface area (Å²) in [6.45, 7) is 11.7. The molecule has 4 aliphatic carbocycles. The van der Waals surface area contributed by atoms with Gasteiger partial charge in [-0.3, -0.25) is 0 Å². The van der Waals surface area contributed by atoms with E-state index in [1.807, 2.05) is 4.90 Å². The number of rotatable bonds is 4. The van der Waals surface area contributed by atoms with E-state index in [0.29, 0.717) is 48.0 Å². The van der Waals surface area contributed by atoms with E-state index in [2.05, 4.69) is 27.7 Å². The van der Waals surface area contributed by atoms with Crippen molar-refractivity contribution in [3.05, 3.63) is 0 Å². The lowest BCUT2D eigenvalue weighted by molar-refractivity contribution is -0.203. The van der Waals surface area contributed by atoms with Gasteiger partial charge in [-0.25, -0.2) is 4.79 Å². The van der Waals surface area contributed by atoms with E-state index < -0.39 is 0 Å². The van der Waals surface area contributed by atoms with Crippen LogP contribution in [0.15, 0.2) is 0 Å². The molecule has 4 saturated carbocycles. The minimum Gasteiger partial charge on any atom is -0.449 e. The molecule has 0 radical (unpaired) electrons. The van der Waals surface area contributed by atoms with Crippen molar-refractivity contribution in [2.24, 2.45) is 52.3 Å². The molecule has 0 aromatic rings. The van der Waals surface area contributed by atoms with Gasteiger partial charge in [-0.05, 0) is 116 Å². The smallest absolute Gasteiger partial charge is 0.409 e. The first-order valence-corrected chi connectivity index (χ1v) is 15.0. The fraction of sp³-hybridized carbons (Fsp3) is 0.967. The zero-order valence-corrected chi connectivity index (χ0v) is 22.8. The molecule has 2 N–H and O–H groups in total. The number of fused-ring (bicyclic) bond motifs is 5. The molecule has 200 valence electrons. The highest BCUT2D eigenvalue weighted by Gasteiger charge is 2.64. The molecule has 0 bridgehead atoms. The van der Waals surface area contributed by atoms with Crippen molar-refractivity contribution >= 4 is 6.09 Å². The largest absolute Gasteiger partial charge is 0.449 e. The summed E-state index contributed by atoms with van der Waals surface area (Å²) in [6.07, 6.45) is 11.6. The Bertz CT molecular complexity index is 767. The first-order valence-electron chi connectivity index (χ1n) is 15.0. The summed E-state index contributed by atoms with van der Waals surface area (Å²) in [4.78, 5) is 14.5. The molecular formula is C30H51NO4. The molecule has 1 amide bonds. The van der Waals surface area contributed by atoms with Gasteiger partial charge in [-0.1, -0.05) is 34.1 Å². The topological polar surface area (TPSA) is 70.0 Å². The number of carbonyl (C=O) groups excluding carboxylic acids is 1. The van der Waals surface area contributed by atoms with Crippen LogP contribution in [0.2, 0.25) is 0 Å². The third-order valence-corrected chi connectivity index (χ3v) is 12.2. The average Bonchev–Trinajstić information content (AvgIpc) is 3.21. The highest BCUT2D eigenvalue weighted by molar-refractivity contribution is 5.67. The lowest BCUT2D eigenvalue weighted by Crippen LogP contribution is -2.62. The van der Waals surface area contributed by atoms with Gasteiger partial charge < -0.3 is 19.8 Å². The molecule has 0 aromatic heterocycles. The molecule has 5 rings (SSSR count). The predicted octanol–water partition coefficient (Wildman–Crippen LogP) is 5.87. The Morgan fingerprint density at radius 3 is 2.37 bits per heavy atom. The molecule has 1 heterocycles. The molecule has 1 saturated heterocycles. The number of carbonyl (C=O) groups is 1. The van der Waals surface area contributed by atoms with Gasteiger partial charge >= 0.3 is 6.09 Å². The lowest BCUT2D eigenvalue weighted by atomic mass is 9.41. The summed E-state index contributed by atoms with van der Waals surface area (Å²) >= 11 is 0. The second-order valence-electron chi connectivity index (χ2n) is 13.7. The van der Waals surface area contributed by atoms with Crippen molar-refractivity contribution in [1.29, 1.82) is 0 Å². The third kappa shape index (κ3) is 4.25. The Morgan fingerprint density at radius 2 is 1.66 bits per heavy atom. The van der Waals surface area contributed by atoms with Crippen molar-refractivity contribution in [2.45, 2.75) is 111 Å². The molecule has 1 aliphatic heterocycles. The van der Waals surface area contributed by atoms with E-state index in [1.165, 1.54) is 32.1 Å². The van der Waals surface area contributed by atoms with E-state index in [4.69, 9.17) is 4.74 Å². The van der Waals surface area contributed by atoms with E-state index in [-0.39, 0.29) is 29.1 Å². The maximum Gasteiger partial charge on any atom is 0.409 e. The van der Waals surface area contributed by atoms with Crippen LogP contribution in [-0.4, -0.2) is 53.1 Å². The number of amides is 1. The van der Waals surface area contributed by atoms with Crippen LogP contribution in [0.4, 0.5) is 4.79 Å².